The number of allylic oxidation sites excluding steroid dienone is 1. The maximum atomic E-state index is 6.23. The van der Waals surface area contributed by atoms with Gasteiger partial charge in [-0.2, -0.15) is 0 Å². The van der Waals surface area contributed by atoms with Crippen molar-refractivity contribution in [2.45, 2.75) is 46.6 Å². The molecule has 0 aliphatic rings. The lowest BCUT2D eigenvalue weighted by Crippen LogP contribution is -2.26. The van der Waals surface area contributed by atoms with Gasteiger partial charge >= 0.3 is 0 Å². The summed E-state index contributed by atoms with van der Waals surface area (Å²) in [6.07, 6.45) is 5.05. The zero-order chi connectivity index (χ0) is 16.9. The van der Waals surface area contributed by atoms with Gasteiger partial charge in [-0.05, 0) is 63.4 Å². The van der Waals surface area contributed by atoms with E-state index < -0.39 is 0 Å². The van der Waals surface area contributed by atoms with E-state index in [1.54, 1.807) is 11.8 Å². The number of benzene rings is 1. The Morgan fingerprint density at radius 3 is 2.55 bits per heavy atom. The molecule has 0 spiro atoms. The molecule has 0 fully saturated rings. The average Bonchev–Trinajstić information content (AvgIpc) is 2.39. The summed E-state index contributed by atoms with van der Waals surface area (Å²) in [5.41, 5.74) is 1.71. The summed E-state index contributed by atoms with van der Waals surface area (Å²) >= 11 is 7.84. The van der Waals surface area contributed by atoms with E-state index in [2.05, 4.69) is 29.2 Å². The largest absolute Gasteiger partial charge is 0.471 e. The minimum atomic E-state index is -0.329. The van der Waals surface area contributed by atoms with Crippen LogP contribution in [-0.4, -0.2) is 17.8 Å². The number of nitrogens with zero attached hydrogens (tertiary/aromatic N) is 1. The fraction of sp³-hybridized carbons (Fsp3) is 0.471. The Morgan fingerprint density at radius 1 is 1.41 bits per heavy atom. The number of thioether (sulfide) groups is 1. The summed E-state index contributed by atoms with van der Waals surface area (Å²) in [7, 11) is 2.72. The lowest BCUT2D eigenvalue weighted by Gasteiger charge is -2.24. The number of ether oxygens (including phenoxy) is 1. The van der Waals surface area contributed by atoms with Crippen LogP contribution in [0.1, 0.15) is 45.2 Å². The highest BCUT2D eigenvalue weighted by molar-refractivity contribution is 8.02. The van der Waals surface area contributed by atoms with E-state index in [1.807, 2.05) is 39.2 Å². The molecule has 0 amide bonds. The maximum absolute atomic E-state index is 6.23. The highest BCUT2D eigenvalue weighted by Crippen LogP contribution is 2.23. The first-order chi connectivity index (χ1) is 10.2. The van der Waals surface area contributed by atoms with Gasteiger partial charge in [0.15, 0.2) is 0 Å². The molecule has 0 saturated carbocycles. The molecule has 22 heavy (non-hydrogen) atoms. The van der Waals surface area contributed by atoms with E-state index in [1.165, 1.54) is 0 Å². The van der Waals surface area contributed by atoms with Gasteiger partial charge in [-0.15, -0.1) is 21.0 Å². The lowest BCUT2D eigenvalue weighted by molar-refractivity contribution is 0.117. The second kappa shape index (κ2) is 8.38. The van der Waals surface area contributed by atoms with Crippen molar-refractivity contribution in [3.63, 3.8) is 0 Å². The fourth-order valence-electron chi connectivity index (χ4n) is 1.80. The number of halogens is 1. The predicted molar refractivity (Wildman–Crippen MR) is 105 cm³/mol. The van der Waals surface area contributed by atoms with Crippen LogP contribution in [0, 0.1) is 6.92 Å². The number of hydrogen-bond donors (Lipinski definition) is 0. The van der Waals surface area contributed by atoms with Crippen molar-refractivity contribution < 1.29 is 4.74 Å². The molecule has 1 aromatic carbocycles. The Morgan fingerprint density at radius 2 is 2.05 bits per heavy atom. The molecule has 0 aliphatic heterocycles. The van der Waals surface area contributed by atoms with E-state index in [-0.39, 0.29) is 5.60 Å². The minimum absolute atomic E-state index is 0.329. The topological polar surface area (TPSA) is 21.6 Å². The number of hydrogen-bond acceptors (Lipinski definition) is 3. The van der Waals surface area contributed by atoms with E-state index in [9.17, 15) is 0 Å². The molecule has 2 nitrogen and oxygen atoms in total. The van der Waals surface area contributed by atoms with Crippen LogP contribution in [0.3, 0.4) is 0 Å². The van der Waals surface area contributed by atoms with Gasteiger partial charge in [-0.25, -0.2) is 4.99 Å². The van der Waals surface area contributed by atoms with Gasteiger partial charge in [0, 0.05) is 10.6 Å². The Balaban J connectivity index is 3.45. The molecule has 1 aromatic rings. The Kier molecular flexibility index (Phi) is 7.45. The maximum Gasteiger partial charge on any atom is 0.222 e. The van der Waals surface area contributed by atoms with E-state index in [0.29, 0.717) is 10.9 Å². The van der Waals surface area contributed by atoms with Crippen LogP contribution in [0.2, 0.25) is 5.02 Å². The third kappa shape index (κ3) is 5.95. The molecule has 0 aliphatic carbocycles. The normalized spacial score (nSPS) is 13.5. The molecule has 5 heteroatoms. The highest BCUT2D eigenvalue weighted by Gasteiger charge is 2.19. The molecular formula is C17H25ClNOPS. The molecule has 0 saturated heterocycles. The van der Waals surface area contributed by atoms with Crippen LogP contribution in [0.4, 0.5) is 0 Å². The molecule has 0 bridgehead atoms. The van der Waals surface area contributed by atoms with Crippen molar-refractivity contribution >= 4 is 43.8 Å². The van der Waals surface area contributed by atoms with Crippen LogP contribution < -0.4 is 5.30 Å². The molecule has 0 radical (unpaired) electrons. The minimum Gasteiger partial charge on any atom is -0.471 e. The van der Waals surface area contributed by atoms with Crippen LogP contribution >= 0.6 is 32.6 Å². The van der Waals surface area contributed by atoms with Gasteiger partial charge in [0.05, 0.1) is 5.03 Å². The third-order valence-corrected chi connectivity index (χ3v) is 4.34. The second-order valence-electron chi connectivity index (χ2n) is 5.95. The first-order valence-corrected chi connectivity index (χ1v) is 9.43. The Hall–Kier alpha value is -0.500. The summed E-state index contributed by atoms with van der Waals surface area (Å²) < 4.78 is 6.12. The van der Waals surface area contributed by atoms with Gasteiger partial charge in [0.2, 0.25) is 5.90 Å². The molecule has 0 N–H and O–H groups in total. The summed E-state index contributed by atoms with van der Waals surface area (Å²) in [6.45, 7) is 10.2. The fourth-order valence-corrected chi connectivity index (χ4v) is 2.97. The molecule has 0 heterocycles. The quantitative estimate of drug-likeness (QED) is 0.413. The van der Waals surface area contributed by atoms with Crippen molar-refractivity contribution in [3.8, 4) is 0 Å². The molecule has 0 aromatic heterocycles. The van der Waals surface area contributed by atoms with Crippen molar-refractivity contribution in [3.05, 3.63) is 39.4 Å². The van der Waals surface area contributed by atoms with Gasteiger partial charge in [0.25, 0.3) is 0 Å². The van der Waals surface area contributed by atoms with Crippen molar-refractivity contribution in [2.75, 3.05) is 6.26 Å². The average molecular weight is 358 g/mol. The van der Waals surface area contributed by atoms with Gasteiger partial charge < -0.3 is 4.74 Å². The smallest absolute Gasteiger partial charge is 0.222 e. The number of aliphatic imine (C=N–C) groups is 1. The van der Waals surface area contributed by atoms with Crippen LogP contribution in [0.15, 0.2) is 28.2 Å². The van der Waals surface area contributed by atoms with Crippen molar-refractivity contribution in [1.82, 2.24) is 0 Å². The zero-order valence-electron chi connectivity index (χ0n) is 14.2. The summed E-state index contributed by atoms with van der Waals surface area (Å²) in [6, 6.07) is 3.84. The SMILES string of the molecule is CC/C=C(/N=C(/OC(C)(C)C)c1cc(Cl)cc(P)c1C)SC. The van der Waals surface area contributed by atoms with Gasteiger partial charge in [-0.1, -0.05) is 24.6 Å². The summed E-state index contributed by atoms with van der Waals surface area (Å²) in [4.78, 5) is 4.73. The van der Waals surface area contributed by atoms with Crippen LogP contribution in [-0.2, 0) is 4.74 Å². The predicted octanol–water partition coefficient (Wildman–Crippen LogP) is 5.32. The third-order valence-electron chi connectivity index (χ3n) is 2.85. The van der Waals surface area contributed by atoms with Gasteiger partial charge in [0.1, 0.15) is 5.60 Å². The Bertz CT molecular complexity index is 591. The van der Waals surface area contributed by atoms with Crippen LogP contribution in [0.25, 0.3) is 0 Å². The molecule has 122 valence electrons. The van der Waals surface area contributed by atoms with E-state index in [0.717, 1.165) is 27.9 Å². The summed E-state index contributed by atoms with van der Waals surface area (Å²) in [5.74, 6) is 0.616. The van der Waals surface area contributed by atoms with Gasteiger partial charge in [-0.3, -0.25) is 0 Å². The summed E-state index contributed by atoms with van der Waals surface area (Å²) in [5, 5.41) is 2.69. The highest BCUT2D eigenvalue weighted by atomic mass is 35.5. The Labute approximate surface area is 146 Å². The molecule has 1 unspecified atom stereocenters. The standard InChI is InChI=1S/C17H25ClNOPS/c1-7-8-15(22-6)19-16(20-17(3,4)5)13-9-12(18)10-14(21)11(13)2/h8-10H,7,21H2,1-6H3/b15-8-,19-16+. The number of rotatable bonds is 4. The molecule has 1 atom stereocenters. The first-order valence-electron chi connectivity index (χ1n) is 7.25. The lowest BCUT2D eigenvalue weighted by atomic mass is 10.1. The first kappa shape index (κ1) is 19.5. The monoisotopic (exact) mass is 357 g/mol. The van der Waals surface area contributed by atoms with Crippen molar-refractivity contribution in [2.24, 2.45) is 4.99 Å². The van der Waals surface area contributed by atoms with Crippen LogP contribution in [0.5, 0.6) is 0 Å². The van der Waals surface area contributed by atoms with E-state index in [4.69, 9.17) is 21.3 Å². The second-order valence-corrected chi connectivity index (χ2v) is 7.84. The van der Waals surface area contributed by atoms with E-state index >= 15 is 0 Å². The molecule has 1 rings (SSSR count). The zero-order valence-corrected chi connectivity index (χ0v) is 16.9. The van der Waals surface area contributed by atoms with Crippen molar-refractivity contribution in [1.29, 1.82) is 0 Å². The molecular weight excluding hydrogens is 333 g/mol.